The summed E-state index contributed by atoms with van der Waals surface area (Å²) in [6, 6.07) is 10.7. The molecule has 1 aliphatic carbocycles. The summed E-state index contributed by atoms with van der Waals surface area (Å²) < 4.78 is 6.64. The molecule has 0 spiro atoms. The first-order valence-corrected chi connectivity index (χ1v) is 7.88. The number of para-hydroxylation sites is 1. The number of carbonyl (C=O) groups excluding carboxylic acids is 1. The molecular formula is C18H19N3O3. The van der Waals surface area contributed by atoms with E-state index in [1.807, 2.05) is 30.3 Å². The fraction of sp³-hybridized carbons (Fsp3) is 0.278. The van der Waals surface area contributed by atoms with Gasteiger partial charge in [0.25, 0.3) is 5.56 Å². The zero-order valence-electron chi connectivity index (χ0n) is 13.4. The highest BCUT2D eigenvalue weighted by atomic mass is 16.5. The lowest BCUT2D eigenvalue weighted by Gasteiger charge is -2.26. The number of nitrogens with zero attached hydrogens (tertiary/aromatic N) is 2. The highest BCUT2D eigenvalue weighted by Crippen LogP contribution is 2.29. The minimum Gasteiger partial charge on any atom is -0.464 e. The number of carbonyl (C=O) groups is 1. The van der Waals surface area contributed by atoms with Gasteiger partial charge in [-0.1, -0.05) is 30.4 Å². The van der Waals surface area contributed by atoms with Gasteiger partial charge < -0.3 is 14.6 Å². The van der Waals surface area contributed by atoms with Crippen molar-refractivity contribution < 1.29 is 9.53 Å². The Bertz CT molecular complexity index is 812. The molecule has 1 unspecified atom stereocenters. The van der Waals surface area contributed by atoms with Crippen LogP contribution in [0.5, 0.6) is 0 Å². The van der Waals surface area contributed by atoms with Gasteiger partial charge in [0.15, 0.2) is 0 Å². The van der Waals surface area contributed by atoms with E-state index in [0.717, 1.165) is 24.9 Å². The lowest BCUT2D eigenvalue weighted by atomic mass is 10.0. The number of allylic oxidation sites excluding steroid dienone is 2. The first kappa shape index (κ1) is 16.0. The molecule has 0 bridgehead atoms. The van der Waals surface area contributed by atoms with Crippen LogP contribution in [0.15, 0.2) is 53.3 Å². The monoisotopic (exact) mass is 325 g/mol. The van der Waals surface area contributed by atoms with Gasteiger partial charge in [-0.15, -0.1) is 0 Å². The third kappa shape index (κ3) is 3.37. The number of ether oxygens (including phenoxy) is 1. The summed E-state index contributed by atoms with van der Waals surface area (Å²) in [7, 11) is 1.31. The molecular weight excluding hydrogens is 306 g/mol. The zero-order chi connectivity index (χ0) is 16.9. The lowest BCUT2D eigenvalue weighted by Crippen LogP contribution is -2.27. The molecule has 2 aromatic rings. The summed E-state index contributed by atoms with van der Waals surface area (Å²) in [6.07, 6.45) is 6.77. The van der Waals surface area contributed by atoms with Crippen LogP contribution in [0.4, 0.5) is 11.6 Å². The second-order valence-electron chi connectivity index (χ2n) is 5.59. The smallest absolute Gasteiger partial charge is 0.354 e. The molecule has 0 radical (unpaired) electrons. The van der Waals surface area contributed by atoms with E-state index in [-0.39, 0.29) is 11.7 Å². The molecule has 24 heavy (non-hydrogen) atoms. The number of anilines is 2. The fourth-order valence-corrected chi connectivity index (χ4v) is 2.87. The topological polar surface area (TPSA) is 73.2 Å². The normalized spacial score (nSPS) is 16.6. The van der Waals surface area contributed by atoms with Crippen molar-refractivity contribution in [3.8, 4) is 0 Å². The van der Waals surface area contributed by atoms with Gasteiger partial charge in [0.05, 0.1) is 7.11 Å². The van der Waals surface area contributed by atoms with E-state index < -0.39 is 11.5 Å². The Morgan fingerprint density at radius 1 is 1.29 bits per heavy atom. The number of nitrogens with one attached hydrogen (secondary N) is 1. The van der Waals surface area contributed by atoms with Gasteiger partial charge in [-0.3, -0.25) is 4.79 Å². The fourth-order valence-electron chi connectivity index (χ4n) is 2.87. The summed E-state index contributed by atoms with van der Waals surface area (Å²) in [6.45, 7) is 0. The van der Waals surface area contributed by atoms with Crippen LogP contribution >= 0.6 is 0 Å². The highest BCUT2D eigenvalue weighted by Gasteiger charge is 2.23. The van der Waals surface area contributed by atoms with Gasteiger partial charge in [0.1, 0.15) is 5.69 Å². The Balaban J connectivity index is 2.11. The molecule has 0 saturated carbocycles. The molecule has 1 N–H and O–H groups in total. The molecule has 0 fully saturated rings. The Morgan fingerprint density at radius 2 is 2.08 bits per heavy atom. The molecule has 3 rings (SSSR count). The van der Waals surface area contributed by atoms with Gasteiger partial charge in [0.2, 0.25) is 5.95 Å². The minimum absolute atomic E-state index is 0.0448. The molecule has 6 nitrogen and oxygen atoms in total. The van der Waals surface area contributed by atoms with Crippen molar-refractivity contribution in [2.24, 2.45) is 0 Å². The van der Waals surface area contributed by atoms with Crippen molar-refractivity contribution in [3.63, 3.8) is 0 Å². The highest BCUT2D eigenvalue weighted by molar-refractivity contribution is 5.88. The maximum absolute atomic E-state index is 12.2. The van der Waals surface area contributed by atoms with Crippen LogP contribution in [-0.4, -0.2) is 22.6 Å². The van der Waals surface area contributed by atoms with Crippen LogP contribution in [0.25, 0.3) is 0 Å². The van der Waals surface area contributed by atoms with E-state index in [0.29, 0.717) is 5.95 Å². The largest absolute Gasteiger partial charge is 0.464 e. The van der Waals surface area contributed by atoms with Gasteiger partial charge in [-0.05, 0) is 31.4 Å². The number of hydrogen-bond acceptors (Lipinski definition) is 5. The van der Waals surface area contributed by atoms with Crippen LogP contribution in [0.2, 0.25) is 0 Å². The van der Waals surface area contributed by atoms with E-state index in [2.05, 4.69) is 22.5 Å². The van der Waals surface area contributed by atoms with Crippen molar-refractivity contribution in [1.29, 1.82) is 0 Å². The van der Waals surface area contributed by atoms with E-state index in [9.17, 15) is 9.59 Å². The Labute approximate surface area is 139 Å². The molecule has 124 valence electrons. The second kappa shape index (κ2) is 7.12. The predicted molar refractivity (Wildman–Crippen MR) is 91.6 cm³/mol. The maximum Gasteiger partial charge on any atom is 0.354 e. The third-order valence-electron chi connectivity index (χ3n) is 4.00. The number of benzene rings is 1. The molecule has 1 aromatic carbocycles. The van der Waals surface area contributed by atoms with Crippen LogP contribution in [0.3, 0.4) is 0 Å². The number of esters is 1. The number of aromatic nitrogens is 2. The number of rotatable bonds is 4. The van der Waals surface area contributed by atoms with Crippen LogP contribution in [0, 0.1) is 0 Å². The summed E-state index contributed by atoms with van der Waals surface area (Å²) >= 11 is 0. The molecule has 0 aliphatic heterocycles. The van der Waals surface area contributed by atoms with Crippen molar-refractivity contribution in [2.75, 3.05) is 12.4 Å². The van der Waals surface area contributed by atoms with Crippen LogP contribution < -0.4 is 10.9 Å². The van der Waals surface area contributed by atoms with Crippen LogP contribution in [0.1, 0.15) is 35.8 Å². The number of methoxy groups -OCH3 is 1. The Kier molecular flexibility index (Phi) is 4.74. The summed E-state index contributed by atoms with van der Waals surface area (Å²) in [5, 5.41) is 3.15. The van der Waals surface area contributed by atoms with Crippen LogP contribution in [-0.2, 0) is 4.74 Å². The second-order valence-corrected chi connectivity index (χ2v) is 5.59. The average molecular weight is 325 g/mol. The predicted octanol–water partition coefficient (Wildman–Crippen LogP) is 3.05. The average Bonchev–Trinajstić information content (AvgIpc) is 2.62. The van der Waals surface area contributed by atoms with Crippen molar-refractivity contribution in [2.45, 2.75) is 25.3 Å². The summed E-state index contributed by atoms with van der Waals surface area (Å²) in [5.74, 6) is -0.186. The third-order valence-corrected chi connectivity index (χ3v) is 4.00. The standard InChI is InChI=1S/C18H19N3O3/c1-24-17(23)15-12-16(22)20-18(19-13-8-4-2-5-9-13)21(15)14-10-6-3-7-11-14/h2-6,8-9,12,14H,7,10-11H2,1H3,(H,19,20,22). The van der Waals surface area contributed by atoms with Gasteiger partial charge in [-0.2, -0.15) is 4.98 Å². The first-order valence-electron chi connectivity index (χ1n) is 7.88. The minimum atomic E-state index is -0.542. The molecule has 0 amide bonds. The zero-order valence-corrected chi connectivity index (χ0v) is 13.4. The quantitative estimate of drug-likeness (QED) is 0.691. The molecule has 1 aliphatic rings. The molecule has 0 saturated heterocycles. The first-order chi connectivity index (χ1) is 11.7. The summed E-state index contributed by atoms with van der Waals surface area (Å²) in [4.78, 5) is 28.2. The molecule has 1 heterocycles. The molecule has 1 atom stereocenters. The van der Waals surface area contributed by atoms with Crippen molar-refractivity contribution in [3.05, 3.63) is 64.6 Å². The van der Waals surface area contributed by atoms with E-state index in [4.69, 9.17) is 4.74 Å². The number of hydrogen-bond donors (Lipinski definition) is 1. The van der Waals surface area contributed by atoms with Gasteiger partial charge >= 0.3 is 5.97 Å². The SMILES string of the molecule is COC(=O)c1cc(=O)nc(Nc2ccccc2)n1C1CC=CCC1. The summed E-state index contributed by atoms with van der Waals surface area (Å²) in [5.41, 5.74) is 0.541. The van der Waals surface area contributed by atoms with Crippen molar-refractivity contribution in [1.82, 2.24) is 9.55 Å². The van der Waals surface area contributed by atoms with E-state index in [1.54, 1.807) is 4.57 Å². The Hall–Kier alpha value is -2.89. The van der Waals surface area contributed by atoms with Crippen molar-refractivity contribution >= 4 is 17.6 Å². The van der Waals surface area contributed by atoms with Gasteiger partial charge in [-0.25, -0.2) is 4.79 Å². The Morgan fingerprint density at radius 3 is 2.75 bits per heavy atom. The lowest BCUT2D eigenvalue weighted by molar-refractivity contribution is 0.0584. The van der Waals surface area contributed by atoms with E-state index >= 15 is 0 Å². The molecule has 1 aromatic heterocycles. The maximum atomic E-state index is 12.2. The molecule has 6 heteroatoms. The van der Waals surface area contributed by atoms with Gasteiger partial charge in [0, 0.05) is 17.8 Å². The van der Waals surface area contributed by atoms with E-state index in [1.165, 1.54) is 13.2 Å².